The van der Waals surface area contributed by atoms with Gasteiger partial charge >= 0.3 is 5.97 Å². The lowest BCUT2D eigenvalue weighted by atomic mass is 10.1. The minimum Gasteiger partial charge on any atom is -0.489 e. The Hall–Kier alpha value is -3.25. The molecule has 1 aromatic heterocycles. The molecule has 1 saturated carbocycles. The summed E-state index contributed by atoms with van der Waals surface area (Å²) in [6, 6.07) is 2.33. The molecule has 41 heavy (non-hydrogen) atoms. The van der Waals surface area contributed by atoms with Gasteiger partial charge in [-0.3, -0.25) is 4.79 Å². The number of nitrogens with zero attached hydrogens (tertiary/aromatic N) is 4. The van der Waals surface area contributed by atoms with Crippen LogP contribution in [-0.2, 0) is 14.0 Å². The number of benzene rings is 1. The first-order valence-electron chi connectivity index (χ1n) is 14.1. The van der Waals surface area contributed by atoms with Gasteiger partial charge < -0.3 is 29.0 Å². The normalized spacial score (nSPS) is 18.0. The van der Waals surface area contributed by atoms with Gasteiger partial charge in [0.2, 0.25) is 11.9 Å². The molecule has 224 valence electrons. The second kappa shape index (κ2) is 11.9. The Kier molecular flexibility index (Phi) is 8.93. The van der Waals surface area contributed by atoms with Gasteiger partial charge in [-0.15, -0.1) is 0 Å². The van der Waals surface area contributed by atoms with Gasteiger partial charge in [0.25, 0.3) is 0 Å². The van der Waals surface area contributed by atoms with Crippen LogP contribution in [0.4, 0.5) is 27.5 Å². The van der Waals surface area contributed by atoms with Crippen molar-refractivity contribution in [3.63, 3.8) is 0 Å². The van der Waals surface area contributed by atoms with Crippen molar-refractivity contribution in [2.75, 3.05) is 42.5 Å². The predicted octanol–water partition coefficient (Wildman–Crippen LogP) is 5.66. The van der Waals surface area contributed by atoms with Crippen LogP contribution in [0.5, 0.6) is 5.75 Å². The summed E-state index contributed by atoms with van der Waals surface area (Å²) in [6.45, 7) is 13.2. The van der Waals surface area contributed by atoms with Crippen LogP contribution in [0.2, 0.25) is 18.1 Å². The van der Waals surface area contributed by atoms with Gasteiger partial charge in [-0.2, -0.15) is 4.98 Å². The Morgan fingerprint density at radius 2 is 1.88 bits per heavy atom. The smallest absolute Gasteiger partial charge is 0.340 e. The van der Waals surface area contributed by atoms with Crippen LogP contribution in [0.1, 0.15) is 63.7 Å². The van der Waals surface area contributed by atoms with E-state index in [9.17, 15) is 9.59 Å². The van der Waals surface area contributed by atoms with Crippen molar-refractivity contribution in [3.8, 4) is 5.75 Å². The van der Waals surface area contributed by atoms with Gasteiger partial charge in [0.05, 0.1) is 31.2 Å². The first kappa shape index (κ1) is 30.7. The highest BCUT2D eigenvalue weighted by molar-refractivity contribution is 6.74. The molecular weight excluding hydrogens is 545 g/mol. The first-order chi connectivity index (χ1) is 19.2. The minimum atomic E-state index is -1.99. The Morgan fingerprint density at radius 1 is 1.20 bits per heavy atom. The molecule has 12 heteroatoms. The van der Waals surface area contributed by atoms with E-state index in [-0.39, 0.29) is 52.6 Å². The number of esters is 1. The summed E-state index contributed by atoms with van der Waals surface area (Å²) in [4.78, 5) is 38.1. The van der Waals surface area contributed by atoms with Crippen LogP contribution in [0.3, 0.4) is 0 Å². The van der Waals surface area contributed by atoms with E-state index in [1.165, 1.54) is 19.2 Å². The number of ether oxygens (including phenoxy) is 2. The molecule has 1 amide bonds. The van der Waals surface area contributed by atoms with Crippen LogP contribution < -0.4 is 19.9 Å². The van der Waals surface area contributed by atoms with E-state index in [0.717, 1.165) is 25.7 Å². The number of fused-ring (bicyclic) bond motifs is 1. The number of rotatable bonds is 9. The number of carbonyl (C=O) groups is 2. The largest absolute Gasteiger partial charge is 0.489 e. The van der Waals surface area contributed by atoms with Crippen molar-refractivity contribution < 1.29 is 27.9 Å². The zero-order valence-corrected chi connectivity index (χ0v) is 26.3. The van der Waals surface area contributed by atoms with Crippen LogP contribution in [-0.4, -0.2) is 69.6 Å². The molecule has 1 N–H and O–H groups in total. The summed E-state index contributed by atoms with van der Waals surface area (Å²) < 4.78 is 32.0. The lowest BCUT2D eigenvalue weighted by Gasteiger charge is -2.42. The summed E-state index contributed by atoms with van der Waals surface area (Å²) in [6.07, 6.45) is 5.79. The van der Waals surface area contributed by atoms with E-state index in [0.29, 0.717) is 18.1 Å². The lowest BCUT2D eigenvalue weighted by Crippen LogP contribution is -2.54. The van der Waals surface area contributed by atoms with E-state index < -0.39 is 20.1 Å². The van der Waals surface area contributed by atoms with Gasteiger partial charge in [-0.05, 0) is 44.0 Å². The maximum Gasteiger partial charge on any atom is 0.340 e. The highest BCUT2D eigenvalue weighted by atomic mass is 28.4. The molecule has 0 unspecified atom stereocenters. The SMILES string of the molecule is COC(=O)c1cc(OCCO[Si](C)(C)C(C)(C)C)c(Nc2ncc3c(n2)N(C2CCCC2)[C@H](C)C(=O)N3C)cc1F. The number of aromatic nitrogens is 2. The number of anilines is 4. The van der Waals surface area contributed by atoms with Gasteiger partial charge in [0, 0.05) is 19.2 Å². The van der Waals surface area contributed by atoms with E-state index in [4.69, 9.17) is 18.9 Å². The highest BCUT2D eigenvalue weighted by Crippen LogP contribution is 2.40. The minimum absolute atomic E-state index is 0.00946. The molecule has 1 aliphatic heterocycles. The monoisotopic (exact) mass is 587 g/mol. The summed E-state index contributed by atoms with van der Waals surface area (Å²) in [7, 11) is 0.925. The number of amides is 1. The summed E-state index contributed by atoms with van der Waals surface area (Å²) >= 11 is 0. The molecule has 2 aromatic rings. The lowest BCUT2D eigenvalue weighted by molar-refractivity contribution is -0.119. The van der Waals surface area contributed by atoms with Crippen molar-refractivity contribution >= 4 is 43.3 Å². The average molecular weight is 588 g/mol. The molecule has 2 heterocycles. The van der Waals surface area contributed by atoms with Crippen LogP contribution in [0.15, 0.2) is 18.3 Å². The van der Waals surface area contributed by atoms with Gasteiger partial charge in [-0.1, -0.05) is 33.6 Å². The van der Waals surface area contributed by atoms with Crippen molar-refractivity contribution in [1.82, 2.24) is 9.97 Å². The Bertz CT molecular complexity index is 1300. The average Bonchev–Trinajstić information content (AvgIpc) is 3.44. The summed E-state index contributed by atoms with van der Waals surface area (Å²) in [5, 5.41) is 3.12. The zero-order chi connectivity index (χ0) is 30.1. The second-order valence-electron chi connectivity index (χ2n) is 12.2. The summed E-state index contributed by atoms with van der Waals surface area (Å²) in [5.74, 6) is -0.482. The molecule has 0 bridgehead atoms. The Morgan fingerprint density at radius 3 is 2.51 bits per heavy atom. The van der Waals surface area contributed by atoms with Crippen molar-refractivity contribution in [1.29, 1.82) is 0 Å². The van der Waals surface area contributed by atoms with E-state index in [1.807, 2.05) is 6.92 Å². The number of nitrogens with one attached hydrogen (secondary N) is 1. The molecule has 10 nitrogen and oxygen atoms in total. The molecule has 2 aliphatic rings. The Balaban J connectivity index is 1.63. The maximum atomic E-state index is 15.0. The standard InChI is InChI=1S/C29H42FN5O5Si/c1-18-26(36)34(5)23-17-31-28(33-25(23)35(18)19-11-9-10-12-19)32-22-16-21(30)20(27(37)38-6)15-24(22)39-13-14-40-41(7,8)29(2,3)4/h15-19H,9-14H2,1-8H3,(H,31,32,33)/t18-/m1/s1. The number of carbonyl (C=O) groups excluding carboxylic acids is 2. The van der Waals surface area contributed by atoms with Gasteiger partial charge in [0.15, 0.2) is 14.1 Å². The molecule has 1 atom stereocenters. The number of hydrogen-bond donors (Lipinski definition) is 1. The van der Waals surface area contributed by atoms with E-state index in [2.05, 4.69) is 49.1 Å². The third kappa shape index (κ3) is 6.33. The van der Waals surface area contributed by atoms with Gasteiger partial charge in [0.1, 0.15) is 29.9 Å². The molecule has 1 aromatic carbocycles. The quantitative estimate of drug-likeness (QED) is 0.226. The molecule has 1 fully saturated rings. The third-order valence-corrected chi connectivity index (χ3v) is 13.0. The molecule has 0 saturated heterocycles. The maximum absolute atomic E-state index is 15.0. The molecule has 0 spiro atoms. The third-order valence-electron chi connectivity index (χ3n) is 8.51. The first-order valence-corrected chi connectivity index (χ1v) is 17.0. The van der Waals surface area contributed by atoms with Crippen molar-refractivity contribution in [3.05, 3.63) is 29.7 Å². The molecule has 4 rings (SSSR count). The number of hydrogen-bond acceptors (Lipinski definition) is 9. The van der Waals surface area contributed by atoms with Crippen molar-refractivity contribution in [2.24, 2.45) is 0 Å². The van der Waals surface area contributed by atoms with E-state index in [1.54, 1.807) is 18.1 Å². The predicted molar refractivity (Wildman–Crippen MR) is 159 cm³/mol. The topological polar surface area (TPSA) is 106 Å². The highest BCUT2D eigenvalue weighted by Gasteiger charge is 2.40. The number of methoxy groups -OCH3 is 1. The van der Waals surface area contributed by atoms with Crippen molar-refractivity contribution in [2.45, 2.75) is 83.6 Å². The Labute approximate surface area is 242 Å². The number of likely N-dealkylation sites (N-methyl/N-ethyl adjacent to an activating group) is 1. The fraction of sp³-hybridized carbons (Fsp3) is 0.586. The second-order valence-corrected chi connectivity index (χ2v) is 17.0. The summed E-state index contributed by atoms with van der Waals surface area (Å²) in [5.41, 5.74) is 0.631. The molecule has 0 radical (unpaired) electrons. The fourth-order valence-corrected chi connectivity index (χ4v) is 6.08. The molecule has 1 aliphatic carbocycles. The van der Waals surface area contributed by atoms with Crippen LogP contribution in [0.25, 0.3) is 0 Å². The van der Waals surface area contributed by atoms with Gasteiger partial charge in [-0.25, -0.2) is 14.2 Å². The molecular formula is C29H42FN5O5Si. The van der Waals surface area contributed by atoms with Crippen LogP contribution >= 0.6 is 0 Å². The fourth-order valence-electron chi connectivity index (χ4n) is 5.05. The van der Waals surface area contributed by atoms with E-state index >= 15 is 4.39 Å². The zero-order valence-electron chi connectivity index (χ0n) is 25.3. The van der Waals surface area contributed by atoms with Crippen LogP contribution in [0, 0.1) is 5.82 Å². The number of halogens is 1.